The van der Waals surface area contributed by atoms with Crippen molar-refractivity contribution in [2.45, 2.75) is 24.4 Å². The Balaban J connectivity index is 1.62. The normalized spacial score (nSPS) is 24.9. The lowest BCUT2D eigenvalue weighted by Gasteiger charge is -2.42. The van der Waals surface area contributed by atoms with E-state index in [2.05, 4.69) is 25.6 Å². The van der Waals surface area contributed by atoms with Crippen molar-refractivity contribution < 1.29 is 18.0 Å². The minimum Gasteiger partial charge on any atom is -0.316 e. The number of alkyl halides is 3. The van der Waals surface area contributed by atoms with Crippen LogP contribution in [0.5, 0.6) is 0 Å². The number of carbonyl (C=O) groups excluding carboxylic acids is 1. The van der Waals surface area contributed by atoms with Gasteiger partial charge in [-0.05, 0) is 44.0 Å². The standard InChI is InChI=1S/C24H23F3N6O/c25-24(26,27)17-6-9-30-20(12-17)32-22(34)23(21-19-14-29-10-11-33(19)15-31-21)7-2-1-5-18(23)16-4-3-8-28-13-16/h1-2,5-7,9-12,14-16,18,28H,3-4,8,13H2,(H,30,32,34). The number of imidazole rings is 1. The molecule has 3 aromatic rings. The van der Waals surface area contributed by atoms with Crippen LogP contribution < -0.4 is 10.6 Å². The van der Waals surface area contributed by atoms with Crippen LogP contribution in [0.2, 0.25) is 0 Å². The molecule has 5 rings (SSSR count). The van der Waals surface area contributed by atoms with Gasteiger partial charge in [-0.2, -0.15) is 13.2 Å². The van der Waals surface area contributed by atoms with E-state index in [1.54, 1.807) is 41.5 Å². The summed E-state index contributed by atoms with van der Waals surface area (Å²) in [5.41, 5.74) is -0.980. The molecule has 0 aromatic carbocycles. The summed E-state index contributed by atoms with van der Waals surface area (Å²) >= 11 is 0. The molecule has 0 spiro atoms. The van der Waals surface area contributed by atoms with Gasteiger partial charge in [0.25, 0.3) is 0 Å². The molecule has 34 heavy (non-hydrogen) atoms. The average molecular weight is 468 g/mol. The highest BCUT2D eigenvalue weighted by Crippen LogP contribution is 2.45. The minimum atomic E-state index is -4.55. The summed E-state index contributed by atoms with van der Waals surface area (Å²) in [4.78, 5) is 26.8. The van der Waals surface area contributed by atoms with Crippen LogP contribution in [0.1, 0.15) is 24.1 Å². The van der Waals surface area contributed by atoms with Crippen LogP contribution in [0.25, 0.3) is 5.52 Å². The lowest BCUT2D eigenvalue weighted by atomic mass is 9.63. The highest BCUT2D eigenvalue weighted by Gasteiger charge is 2.50. The molecule has 2 aliphatic rings. The molecule has 7 nitrogen and oxygen atoms in total. The fourth-order valence-electron chi connectivity index (χ4n) is 4.99. The molecule has 1 aliphatic carbocycles. The fraction of sp³-hybridized carbons (Fsp3) is 0.333. The Morgan fingerprint density at radius 3 is 2.91 bits per heavy atom. The van der Waals surface area contributed by atoms with Crippen molar-refractivity contribution in [3.8, 4) is 0 Å². The largest absolute Gasteiger partial charge is 0.416 e. The van der Waals surface area contributed by atoms with Crippen LogP contribution >= 0.6 is 0 Å². The molecule has 1 amide bonds. The van der Waals surface area contributed by atoms with E-state index in [9.17, 15) is 18.0 Å². The number of nitrogens with one attached hydrogen (secondary N) is 2. The molecule has 0 bridgehead atoms. The highest BCUT2D eigenvalue weighted by atomic mass is 19.4. The maximum atomic E-state index is 14.0. The zero-order chi connectivity index (χ0) is 23.8. The van der Waals surface area contributed by atoms with Crippen LogP contribution in [0, 0.1) is 11.8 Å². The van der Waals surface area contributed by atoms with Gasteiger partial charge in [0, 0.05) is 24.5 Å². The Hall–Kier alpha value is -3.53. The van der Waals surface area contributed by atoms with Crippen LogP contribution in [0.4, 0.5) is 19.0 Å². The van der Waals surface area contributed by atoms with Crippen molar-refractivity contribution in [3.63, 3.8) is 0 Å². The summed E-state index contributed by atoms with van der Waals surface area (Å²) in [6.45, 7) is 1.64. The van der Waals surface area contributed by atoms with Crippen LogP contribution in [-0.2, 0) is 16.4 Å². The van der Waals surface area contributed by atoms with E-state index >= 15 is 0 Å². The molecular formula is C24H23F3N6O. The van der Waals surface area contributed by atoms with E-state index in [1.807, 2.05) is 12.2 Å². The Labute approximate surface area is 193 Å². The van der Waals surface area contributed by atoms with Gasteiger partial charge in [0.15, 0.2) is 0 Å². The van der Waals surface area contributed by atoms with E-state index in [0.717, 1.165) is 44.3 Å². The molecule has 0 radical (unpaired) electrons. The molecule has 3 unspecified atom stereocenters. The summed E-state index contributed by atoms with van der Waals surface area (Å²) in [7, 11) is 0. The number of hydrogen-bond acceptors (Lipinski definition) is 5. The number of halogens is 3. The Morgan fingerprint density at radius 1 is 1.24 bits per heavy atom. The first-order chi connectivity index (χ1) is 16.4. The molecule has 3 aromatic heterocycles. The maximum absolute atomic E-state index is 14.0. The number of nitrogens with zero attached hydrogens (tertiary/aromatic N) is 4. The zero-order valence-corrected chi connectivity index (χ0v) is 18.2. The molecule has 1 saturated heterocycles. The van der Waals surface area contributed by atoms with Gasteiger partial charge in [-0.15, -0.1) is 0 Å². The van der Waals surface area contributed by atoms with Crippen LogP contribution in [-0.4, -0.2) is 38.3 Å². The predicted molar refractivity (Wildman–Crippen MR) is 120 cm³/mol. The van der Waals surface area contributed by atoms with Gasteiger partial charge in [-0.25, -0.2) is 9.97 Å². The third-order valence-electron chi connectivity index (χ3n) is 6.60. The Bertz CT molecular complexity index is 1260. The fourth-order valence-corrected chi connectivity index (χ4v) is 4.99. The van der Waals surface area contributed by atoms with Gasteiger partial charge in [0.05, 0.1) is 29.3 Å². The van der Waals surface area contributed by atoms with Crippen LogP contribution in [0.3, 0.4) is 0 Å². The zero-order valence-electron chi connectivity index (χ0n) is 18.2. The van der Waals surface area contributed by atoms with Gasteiger partial charge in [0.1, 0.15) is 11.2 Å². The van der Waals surface area contributed by atoms with E-state index < -0.39 is 23.1 Å². The molecule has 0 saturated carbocycles. The lowest BCUT2D eigenvalue weighted by Crippen LogP contribution is -2.51. The van der Waals surface area contributed by atoms with E-state index in [1.165, 1.54) is 0 Å². The topological polar surface area (TPSA) is 84.2 Å². The average Bonchev–Trinajstić information content (AvgIpc) is 3.29. The number of aromatic nitrogens is 4. The van der Waals surface area contributed by atoms with Crippen molar-refractivity contribution >= 4 is 17.2 Å². The molecule has 1 fully saturated rings. The smallest absolute Gasteiger partial charge is 0.316 e. The lowest BCUT2D eigenvalue weighted by molar-refractivity contribution is -0.137. The molecule has 2 N–H and O–H groups in total. The number of piperidine rings is 1. The Morgan fingerprint density at radius 2 is 2.12 bits per heavy atom. The summed E-state index contributed by atoms with van der Waals surface area (Å²) in [6.07, 6.45) is 12.5. The number of rotatable bonds is 4. The van der Waals surface area contributed by atoms with Gasteiger partial charge >= 0.3 is 6.18 Å². The maximum Gasteiger partial charge on any atom is 0.416 e. The number of fused-ring (bicyclic) bond motifs is 1. The van der Waals surface area contributed by atoms with Crippen LogP contribution in [0.15, 0.2) is 67.6 Å². The number of hydrogen-bond donors (Lipinski definition) is 2. The van der Waals surface area contributed by atoms with Crippen molar-refractivity contribution in [3.05, 3.63) is 78.8 Å². The van der Waals surface area contributed by atoms with E-state index in [0.29, 0.717) is 11.2 Å². The first kappa shape index (κ1) is 22.3. The van der Waals surface area contributed by atoms with Crippen molar-refractivity contribution in [1.29, 1.82) is 0 Å². The number of allylic oxidation sites excluding steroid dienone is 3. The number of anilines is 1. The highest BCUT2D eigenvalue weighted by molar-refractivity contribution is 6.02. The monoisotopic (exact) mass is 468 g/mol. The van der Waals surface area contributed by atoms with E-state index in [4.69, 9.17) is 0 Å². The molecule has 1 aliphatic heterocycles. The molecule has 3 atom stereocenters. The predicted octanol–water partition coefficient (Wildman–Crippen LogP) is 3.76. The van der Waals surface area contributed by atoms with Gasteiger partial charge in [0.2, 0.25) is 5.91 Å². The second-order valence-electron chi connectivity index (χ2n) is 8.59. The molecule has 10 heteroatoms. The second-order valence-corrected chi connectivity index (χ2v) is 8.59. The quantitative estimate of drug-likeness (QED) is 0.609. The third-order valence-corrected chi connectivity index (χ3v) is 6.60. The number of pyridine rings is 1. The van der Waals surface area contributed by atoms with Gasteiger partial charge < -0.3 is 15.0 Å². The summed E-state index contributed by atoms with van der Waals surface area (Å²) < 4.78 is 41.5. The first-order valence-electron chi connectivity index (χ1n) is 11.1. The molecular weight excluding hydrogens is 445 g/mol. The summed E-state index contributed by atoms with van der Waals surface area (Å²) in [5, 5.41) is 6.06. The second kappa shape index (κ2) is 8.68. The van der Waals surface area contributed by atoms with Gasteiger partial charge in [-0.3, -0.25) is 9.78 Å². The first-order valence-corrected chi connectivity index (χ1v) is 11.1. The third kappa shape index (κ3) is 3.87. The van der Waals surface area contributed by atoms with Crippen molar-refractivity contribution in [1.82, 2.24) is 24.7 Å². The summed E-state index contributed by atoms with van der Waals surface area (Å²) in [6, 6.07) is 1.72. The molecule has 4 heterocycles. The van der Waals surface area contributed by atoms with Gasteiger partial charge in [-0.1, -0.05) is 24.3 Å². The minimum absolute atomic E-state index is 0.128. The molecule has 176 valence electrons. The summed E-state index contributed by atoms with van der Waals surface area (Å²) in [5.74, 6) is -0.789. The SMILES string of the molecule is O=C(Nc1cc(C(F)(F)F)ccn1)C1(c2ncn3ccncc23)C=CC=CC1C1CCCNC1. The van der Waals surface area contributed by atoms with Crippen molar-refractivity contribution in [2.24, 2.45) is 11.8 Å². The van der Waals surface area contributed by atoms with Crippen molar-refractivity contribution in [2.75, 3.05) is 18.4 Å². The Kier molecular flexibility index (Phi) is 5.68. The number of amides is 1. The van der Waals surface area contributed by atoms with E-state index in [-0.39, 0.29) is 17.7 Å². The number of carbonyl (C=O) groups is 1.